The molecule has 0 aromatic rings. The van der Waals surface area contributed by atoms with E-state index < -0.39 is 0 Å². The molecule has 1 rings (SSSR count). The normalized spacial score (nSPS) is 30.9. The lowest BCUT2D eigenvalue weighted by Crippen LogP contribution is -2.45. The zero-order valence-corrected chi connectivity index (χ0v) is 12.7. The van der Waals surface area contributed by atoms with Crippen LogP contribution in [0.15, 0.2) is 0 Å². The van der Waals surface area contributed by atoms with Gasteiger partial charge in [-0.05, 0) is 37.5 Å². The van der Waals surface area contributed by atoms with Gasteiger partial charge in [0.25, 0.3) is 0 Å². The standard InChI is InChI=1S/C15H32NO/c1-7-16(5,6)11-17-15-10-13(4)8-9-14(15)12(2)3/h12-15H,7-11H2,1-6H3/q+1/t13-,14+,15-/m1/s1. The maximum Gasteiger partial charge on any atom is 0.183 e. The Kier molecular flexibility index (Phi) is 5.46. The van der Waals surface area contributed by atoms with Crippen molar-refractivity contribution >= 4 is 0 Å². The van der Waals surface area contributed by atoms with E-state index in [1.54, 1.807) is 0 Å². The molecule has 1 aliphatic carbocycles. The summed E-state index contributed by atoms with van der Waals surface area (Å²) in [5.41, 5.74) is 0. The Morgan fingerprint density at radius 3 is 2.41 bits per heavy atom. The number of nitrogens with zero attached hydrogens (tertiary/aromatic N) is 1. The SMILES string of the molecule is CC[N+](C)(C)CO[C@@H]1C[C@H](C)CC[C@H]1C(C)C. The number of hydrogen-bond donors (Lipinski definition) is 0. The van der Waals surface area contributed by atoms with Crippen LogP contribution < -0.4 is 0 Å². The maximum absolute atomic E-state index is 6.26. The van der Waals surface area contributed by atoms with E-state index in [1.807, 2.05) is 0 Å². The van der Waals surface area contributed by atoms with Crippen molar-refractivity contribution in [2.24, 2.45) is 17.8 Å². The first-order chi connectivity index (χ1) is 7.85. The molecule has 1 aliphatic rings. The van der Waals surface area contributed by atoms with Gasteiger partial charge in [0.05, 0.1) is 26.7 Å². The minimum Gasteiger partial charge on any atom is -0.328 e. The van der Waals surface area contributed by atoms with E-state index in [-0.39, 0.29) is 0 Å². The topological polar surface area (TPSA) is 9.23 Å². The largest absolute Gasteiger partial charge is 0.328 e. The highest BCUT2D eigenvalue weighted by Gasteiger charge is 2.32. The van der Waals surface area contributed by atoms with Crippen molar-refractivity contribution < 1.29 is 9.22 Å². The summed E-state index contributed by atoms with van der Waals surface area (Å²) in [5, 5.41) is 0. The van der Waals surface area contributed by atoms with Crippen molar-refractivity contribution in [1.82, 2.24) is 0 Å². The zero-order valence-electron chi connectivity index (χ0n) is 12.7. The van der Waals surface area contributed by atoms with Gasteiger partial charge in [-0.15, -0.1) is 0 Å². The van der Waals surface area contributed by atoms with E-state index >= 15 is 0 Å². The third kappa shape index (κ3) is 4.59. The molecule has 0 aliphatic heterocycles. The van der Waals surface area contributed by atoms with Gasteiger partial charge in [-0.1, -0.05) is 27.2 Å². The van der Waals surface area contributed by atoms with Crippen LogP contribution in [0, 0.1) is 17.8 Å². The molecule has 0 amide bonds. The van der Waals surface area contributed by atoms with Gasteiger partial charge in [0.1, 0.15) is 0 Å². The smallest absolute Gasteiger partial charge is 0.183 e. The molecule has 0 aromatic heterocycles. The minimum absolute atomic E-state index is 0.489. The van der Waals surface area contributed by atoms with Crippen LogP contribution in [0.1, 0.15) is 47.0 Å². The first kappa shape index (κ1) is 15.0. The van der Waals surface area contributed by atoms with Gasteiger partial charge in [0, 0.05) is 0 Å². The lowest BCUT2D eigenvalue weighted by Gasteiger charge is -2.39. The Labute approximate surface area is 108 Å². The van der Waals surface area contributed by atoms with Gasteiger partial charge in [0.15, 0.2) is 6.73 Å². The number of quaternary nitrogens is 1. The molecule has 2 heteroatoms. The summed E-state index contributed by atoms with van der Waals surface area (Å²) in [6.45, 7) is 11.3. The van der Waals surface area contributed by atoms with Crippen LogP contribution in [-0.2, 0) is 4.74 Å². The summed E-state index contributed by atoms with van der Waals surface area (Å²) in [6, 6.07) is 0. The van der Waals surface area contributed by atoms with Crippen LogP contribution in [0.4, 0.5) is 0 Å². The third-order valence-corrected chi connectivity index (χ3v) is 4.46. The Morgan fingerprint density at radius 2 is 1.88 bits per heavy atom. The highest BCUT2D eigenvalue weighted by Crippen LogP contribution is 2.35. The van der Waals surface area contributed by atoms with Gasteiger partial charge in [0.2, 0.25) is 0 Å². The van der Waals surface area contributed by atoms with Crippen LogP contribution in [0.2, 0.25) is 0 Å². The van der Waals surface area contributed by atoms with Gasteiger partial charge in [-0.3, -0.25) is 0 Å². The Hall–Kier alpha value is -0.0800. The molecule has 1 fully saturated rings. The molecule has 0 spiro atoms. The zero-order chi connectivity index (χ0) is 13.1. The predicted molar refractivity (Wildman–Crippen MR) is 73.7 cm³/mol. The average molecular weight is 242 g/mol. The maximum atomic E-state index is 6.26. The van der Waals surface area contributed by atoms with Crippen molar-refractivity contribution in [1.29, 1.82) is 0 Å². The predicted octanol–water partition coefficient (Wildman–Crippen LogP) is 3.52. The molecule has 17 heavy (non-hydrogen) atoms. The molecule has 1 saturated carbocycles. The lowest BCUT2D eigenvalue weighted by molar-refractivity contribution is -0.909. The van der Waals surface area contributed by atoms with Crippen molar-refractivity contribution in [2.45, 2.75) is 53.1 Å². The van der Waals surface area contributed by atoms with Gasteiger partial charge in [-0.25, -0.2) is 0 Å². The fraction of sp³-hybridized carbons (Fsp3) is 1.00. The Morgan fingerprint density at radius 1 is 1.24 bits per heavy atom. The summed E-state index contributed by atoms with van der Waals surface area (Å²) < 4.78 is 7.22. The molecular weight excluding hydrogens is 210 g/mol. The monoisotopic (exact) mass is 242 g/mol. The molecule has 0 heterocycles. The molecule has 2 nitrogen and oxygen atoms in total. The van der Waals surface area contributed by atoms with Gasteiger partial charge >= 0.3 is 0 Å². The van der Waals surface area contributed by atoms with E-state index in [4.69, 9.17) is 4.74 Å². The molecule has 0 radical (unpaired) electrons. The molecular formula is C15H32NO+. The highest BCUT2D eigenvalue weighted by atomic mass is 16.5. The van der Waals surface area contributed by atoms with Crippen LogP contribution in [0.5, 0.6) is 0 Å². The Balaban J connectivity index is 2.52. The summed E-state index contributed by atoms with van der Waals surface area (Å²) in [4.78, 5) is 0. The van der Waals surface area contributed by atoms with Crippen LogP contribution in [0.25, 0.3) is 0 Å². The second-order valence-corrected chi connectivity index (χ2v) is 6.91. The second kappa shape index (κ2) is 6.19. The minimum atomic E-state index is 0.489. The molecule has 3 atom stereocenters. The summed E-state index contributed by atoms with van der Waals surface area (Å²) >= 11 is 0. The van der Waals surface area contributed by atoms with Crippen molar-refractivity contribution in [2.75, 3.05) is 27.4 Å². The van der Waals surface area contributed by atoms with Gasteiger partial charge < -0.3 is 9.22 Å². The van der Waals surface area contributed by atoms with E-state index in [9.17, 15) is 0 Å². The Bertz CT molecular complexity index is 225. The molecule has 0 N–H and O–H groups in total. The van der Waals surface area contributed by atoms with Crippen LogP contribution in [-0.4, -0.2) is 38.0 Å². The number of hydrogen-bond acceptors (Lipinski definition) is 1. The summed E-state index contributed by atoms with van der Waals surface area (Å²) in [6.07, 6.45) is 4.48. The molecule has 0 saturated heterocycles. The van der Waals surface area contributed by atoms with Gasteiger partial charge in [-0.2, -0.15) is 0 Å². The number of ether oxygens (including phenoxy) is 1. The van der Waals surface area contributed by atoms with Crippen LogP contribution >= 0.6 is 0 Å². The summed E-state index contributed by atoms with van der Waals surface area (Å²) in [7, 11) is 4.49. The molecule has 0 unspecified atom stereocenters. The average Bonchev–Trinajstić information content (AvgIpc) is 2.26. The van der Waals surface area contributed by atoms with Crippen molar-refractivity contribution in [3.05, 3.63) is 0 Å². The fourth-order valence-corrected chi connectivity index (χ4v) is 2.70. The second-order valence-electron chi connectivity index (χ2n) is 6.91. The highest BCUT2D eigenvalue weighted by molar-refractivity contribution is 4.81. The quantitative estimate of drug-likeness (QED) is 0.529. The molecule has 0 bridgehead atoms. The van der Waals surface area contributed by atoms with Crippen molar-refractivity contribution in [3.8, 4) is 0 Å². The van der Waals surface area contributed by atoms with Crippen molar-refractivity contribution in [3.63, 3.8) is 0 Å². The molecule has 0 aromatic carbocycles. The van der Waals surface area contributed by atoms with Crippen LogP contribution in [0.3, 0.4) is 0 Å². The number of rotatable bonds is 5. The fourth-order valence-electron chi connectivity index (χ4n) is 2.70. The van der Waals surface area contributed by atoms with E-state index in [2.05, 4.69) is 41.8 Å². The third-order valence-electron chi connectivity index (χ3n) is 4.46. The summed E-state index contributed by atoms with van der Waals surface area (Å²) in [5.74, 6) is 2.36. The van der Waals surface area contributed by atoms with E-state index in [0.29, 0.717) is 6.10 Å². The van der Waals surface area contributed by atoms with E-state index in [1.165, 1.54) is 19.3 Å². The first-order valence-corrected chi connectivity index (χ1v) is 7.29. The molecule has 102 valence electrons. The van der Waals surface area contributed by atoms with E-state index in [0.717, 1.165) is 35.5 Å². The lowest BCUT2D eigenvalue weighted by atomic mass is 9.75. The first-order valence-electron chi connectivity index (χ1n) is 7.29.